The van der Waals surface area contributed by atoms with Crippen molar-refractivity contribution in [2.24, 2.45) is 29.1 Å². The van der Waals surface area contributed by atoms with Crippen molar-refractivity contribution >= 4 is 47.5 Å². The van der Waals surface area contributed by atoms with Crippen LogP contribution in [-0.4, -0.2) is 116 Å². The molecule has 0 radical (unpaired) electrons. The van der Waals surface area contributed by atoms with Crippen LogP contribution in [0.1, 0.15) is 97.8 Å². The molecule has 55 heavy (non-hydrogen) atoms. The number of methoxy groups -OCH3 is 2. The number of amides is 7. The molecule has 7 amide bonds. The molecule has 0 aromatic heterocycles. The van der Waals surface area contributed by atoms with Gasteiger partial charge < -0.3 is 46.3 Å². The van der Waals surface area contributed by atoms with Crippen LogP contribution in [0.5, 0.6) is 0 Å². The maximum atomic E-state index is 14.7. The summed E-state index contributed by atoms with van der Waals surface area (Å²) >= 11 is 0. The predicted octanol–water partition coefficient (Wildman–Crippen LogP) is 1.03. The van der Waals surface area contributed by atoms with E-state index in [1.165, 1.54) is 0 Å². The molecule has 2 bridgehead atoms. The molecule has 5 rings (SSSR count). The molecule has 17 nitrogen and oxygen atoms in total. The van der Waals surface area contributed by atoms with Crippen molar-refractivity contribution in [1.82, 2.24) is 36.8 Å². The van der Waals surface area contributed by atoms with Crippen LogP contribution in [0.15, 0.2) is 0 Å². The molecule has 8 atom stereocenters. The maximum absolute atomic E-state index is 14.7. The smallest absolute Gasteiger partial charge is 0.407 e. The van der Waals surface area contributed by atoms with Gasteiger partial charge in [-0.05, 0) is 86.9 Å². The van der Waals surface area contributed by atoms with Crippen LogP contribution < -0.4 is 31.9 Å². The zero-order valence-electron chi connectivity index (χ0n) is 32.7. The first kappa shape index (κ1) is 41.7. The number of carbonyl (C=O) groups excluding carboxylic acids is 8. The predicted molar refractivity (Wildman–Crippen MR) is 197 cm³/mol. The molecule has 0 aromatic carbocycles. The average Bonchev–Trinajstić information content (AvgIpc) is 3.76. The van der Waals surface area contributed by atoms with E-state index in [0.29, 0.717) is 32.2 Å². The van der Waals surface area contributed by atoms with Gasteiger partial charge in [0.1, 0.15) is 24.2 Å². The Morgan fingerprint density at radius 3 is 2.15 bits per heavy atom. The SMILES string of the molecule is COC(=O)NC[C@H](NC(=O)OC)C(=O)N[C@H](C(=O)N[C@@H](CC(C)(C)C)C(=O)N1C[C@@H]2CC3CC[C@@H](C(=O)C(=O)NC4CC4)NC(=O)[C@@H]1[C@H]2C3)C1CCCCC1. The zero-order chi connectivity index (χ0) is 40.0. The number of rotatable bonds is 13. The van der Waals surface area contributed by atoms with Gasteiger partial charge >= 0.3 is 12.2 Å². The number of nitrogens with one attached hydrogen (secondary N) is 6. The van der Waals surface area contributed by atoms with Gasteiger partial charge in [-0.1, -0.05) is 40.0 Å². The van der Waals surface area contributed by atoms with Crippen LogP contribution >= 0.6 is 0 Å². The van der Waals surface area contributed by atoms with E-state index < -0.39 is 83.1 Å². The number of hydrogen-bond acceptors (Lipinski definition) is 10. The molecule has 0 spiro atoms. The number of Topliss-reactive ketones (excluding diaryl/α,β-unsaturated/α-hetero) is 1. The average molecular weight is 774 g/mol. The minimum Gasteiger partial charge on any atom is -0.453 e. The number of fused-ring (bicyclic) bond motifs is 1. The highest BCUT2D eigenvalue weighted by molar-refractivity contribution is 6.38. The Morgan fingerprint density at radius 1 is 0.818 bits per heavy atom. The number of ketones is 1. The van der Waals surface area contributed by atoms with E-state index in [1.54, 1.807) is 4.90 Å². The fourth-order valence-electron chi connectivity index (χ4n) is 8.90. The first-order chi connectivity index (χ1) is 26.1. The van der Waals surface area contributed by atoms with Crippen molar-refractivity contribution in [3.63, 3.8) is 0 Å². The van der Waals surface area contributed by atoms with E-state index >= 15 is 0 Å². The van der Waals surface area contributed by atoms with Crippen LogP contribution in [-0.2, 0) is 38.2 Å². The number of hydrogen-bond donors (Lipinski definition) is 6. The molecule has 2 aliphatic heterocycles. The quantitative estimate of drug-likeness (QED) is 0.146. The number of ether oxygens (including phenoxy) is 2. The molecule has 6 N–H and O–H groups in total. The summed E-state index contributed by atoms with van der Waals surface area (Å²) in [6, 6.07) is -5.33. The summed E-state index contributed by atoms with van der Waals surface area (Å²) in [5.41, 5.74) is -0.444. The van der Waals surface area contributed by atoms with Gasteiger partial charge in [-0.3, -0.25) is 28.8 Å². The van der Waals surface area contributed by atoms with Gasteiger partial charge in [0.25, 0.3) is 5.91 Å². The van der Waals surface area contributed by atoms with E-state index in [9.17, 15) is 38.4 Å². The number of alkyl carbamates (subject to hydrolysis) is 2. The third-order valence-electron chi connectivity index (χ3n) is 11.8. The highest BCUT2D eigenvalue weighted by Gasteiger charge is 2.54. The van der Waals surface area contributed by atoms with Crippen molar-refractivity contribution in [3.8, 4) is 0 Å². The fourth-order valence-corrected chi connectivity index (χ4v) is 8.90. The maximum Gasteiger partial charge on any atom is 0.407 e. The van der Waals surface area contributed by atoms with Crippen molar-refractivity contribution in [3.05, 3.63) is 0 Å². The van der Waals surface area contributed by atoms with Gasteiger partial charge in [0.2, 0.25) is 29.4 Å². The molecular formula is C38H59N7O10. The first-order valence-corrected chi connectivity index (χ1v) is 19.8. The second-order valence-electron chi connectivity index (χ2n) is 17.2. The standard InChI is InChI=1S/C38H59N7O10/c1-38(2,3)17-26(42-32(48)28(21-9-7-6-8-10-21)44-31(47)27(43-37(53)55-5)18-39-36(52)54-4)35(51)45-19-22-15-20-11-14-25(30(46)34(50)40-23-12-13-23)41-33(49)29(45)24(22)16-20/h20-29H,6-19H2,1-5H3,(H,39,52)(H,40,50)(H,41,49)(H,42,48)(H,43,53)(H,44,47)/t20?,22-,24-,25-,26-,27-,28-,29-/m0/s1. The van der Waals surface area contributed by atoms with Crippen LogP contribution in [0.2, 0.25) is 0 Å². The molecule has 5 aliphatic rings. The molecule has 0 aromatic rings. The van der Waals surface area contributed by atoms with Gasteiger partial charge in [-0.25, -0.2) is 9.59 Å². The molecular weight excluding hydrogens is 714 g/mol. The Kier molecular flexibility index (Phi) is 13.7. The third kappa shape index (κ3) is 10.9. The summed E-state index contributed by atoms with van der Waals surface area (Å²) < 4.78 is 9.27. The molecule has 3 saturated carbocycles. The molecule has 1 unspecified atom stereocenters. The van der Waals surface area contributed by atoms with E-state index in [-0.39, 0.29) is 42.7 Å². The Morgan fingerprint density at radius 2 is 1.51 bits per heavy atom. The largest absolute Gasteiger partial charge is 0.453 e. The number of nitrogens with zero attached hydrogens (tertiary/aromatic N) is 1. The Bertz CT molecular complexity index is 1490. The van der Waals surface area contributed by atoms with Crippen molar-refractivity contribution in [1.29, 1.82) is 0 Å². The lowest BCUT2D eigenvalue weighted by atomic mass is 9.82. The Labute approximate surface area is 322 Å². The minimum atomic E-state index is -1.32. The van der Waals surface area contributed by atoms with Crippen LogP contribution in [0.25, 0.3) is 0 Å². The molecule has 3 aliphatic carbocycles. The molecule has 2 saturated heterocycles. The van der Waals surface area contributed by atoms with Gasteiger partial charge in [0, 0.05) is 12.6 Å². The van der Waals surface area contributed by atoms with Crippen molar-refractivity contribution < 1.29 is 47.8 Å². The van der Waals surface area contributed by atoms with E-state index in [4.69, 9.17) is 0 Å². The molecule has 306 valence electrons. The third-order valence-corrected chi connectivity index (χ3v) is 11.8. The summed E-state index contributed by atoms with van der Waals surface area (Å²) in [4.78, 5) is 108. The lowest BCUT2D eigenvalue weighted by Gasteiger charge is -2.36. The molecule has 2 heterocycles. The topological polar surface area (TPSA) is 230 Å². The zero-order valence-corrected chi connectivity index (χ0v) is 32.7. The summed E-state index contributed by atoms with van der Waals surface area (Å²) in [7, 11) is 2.28. The highest BCUT2D eigenvalue weighted by Crippen LogP contribution is 2.48. The number of carbonyl (C=O) groups is 8. The summed E-state index contributed by atoms with van der Waals surface area (Å²) in [5, 5.41) is 16.1. The highest BCUT2D eigenvalue weighted by atomic mass is 16.5. The van der Waals surface area contributed by atoms with Gasteiger partial charge in [0.05, 0.1) is 26.8 Å². The van der Waals surface area contributed by atoms with E-state index in [2.05, 4.69) is 41.4 Å². The fraction of sp³-hybridized carbons (Fsp3) is 0.789. The molecule has 5 fully saturated rings. The lowest BCUT2D eigenvalue weighted by molar-refractivity contribution is -0.145. The lowest BCUT2D eigenvalue weighted by Crippen LogP contribution is -2.62. The van der Waals surface area contributed by atoms with Crippen LogP contribution in [0.4, 0.5) is 9.59 Å². The van der Waals surface area contributed by atoms with Crippen molar-refractivity contribution in [2.75, 3.05) is 27.3 Å². The van der Waals surface area contributed by atoms with E-state index in [0.717, 1.165) is 59.2 Å². The Hall–Kier alpha value is -4.44. The molecule has 17 heteroatoms. The Balaban J connectivity index is 1.36. The first-order valence-electron chi connectivity index (χ1n) is 19.8. The second kappa shape index (κ2) is 18.0. The monoisotopic (exact) mass is 773 g/mol. The van der Waals surface area contributed by atoms with Gasteiger partial charge in [-0.2, -0.15) is 0 Å². The minimum absolute atomic E-state index is 0.00859. The normalized spacial score (nSPS) is 26.7. The summed E-state index contributed by atoms with van der Waals surface area (Å²) in [6.45, 7) is 5.80. The van der Waals surface area contributed by atoms with Gasteiger partial charge in [-0.15, -0.1) is 0 Å². The van der Waals surface area contributed by atoms with Gasteiger partial charge in [0.15, 0.2) is 0 Å². The van der Waals surface area contributed by atoms with E-state index in [1.807, 2.05) is 20.8 Å². The number of likely N-dealkylation sites (tertiary alicyclic amines) is 1. The van der Waals surface area contributed by atoms with Crippen LogP contribution in [0.3, 0.4) is 0 Å². The van der Waals surface area contributed by atoms with Crippen LogP contribution in [0, 0.1) is 29.1 Å². The summed E-state index contributed by atoms with van der Waals surface area (Å²) in [5.74, 6) is -3.66. The second-order valence-corrected chi connectivity index (χ2v) is 17.2. The summed E-state index contributed by atoms with van der Waals surface area (Å²) in [6.07, 6.45) is 6.60. The van der Waals surface area contributed by atoms with Crippen molar-refractivity contribution in [2.45, 2.75) is 134 Å².